The largest absolute Gasteiger partial charge is 0.313 e. The van der Waals surface area contributed by atoms with Crippen LogP contribution in [0.2, 0.25) is 0 Å². The SMILES string of the molecule is CCCC(NCC)C(CC)S(=O)(=O)c1ccc(C)cc1. The van der Waals surface area contributed by atoms with E-state index in [1.165, 1.54) is 0 Å². The summed E-state index contributed by atoms with van der Waals surface area (Å²) in [5.74, 6) is 0. The van der Waals surface area contributed by atoms with Gasteiger partial charge in [0, 0.05) is 6.04 Å². The molecular weight excluding hydrogens is 270 g/mol. The molecule has 0 aliphatic carbocycles. The summed E-state index contributed by atoms with van der Waals surface area (Å²) in [4.78, 5) is 0.439. The highest BCUT2D eigenvalue weighted by Gasteiger charge is 2.32. The monoisotopic (exact) mass is 297 g/mol. The van der Waals surface area contributed by atoms with Gasteiger partial charge in [0.1, 0.15) is 0 Å². The van der Waals surface area contributed by atoms with E-state index in [9.17, 15) is 8.42 Å². The van der Waals surface area contributed by atoms with Gasteiger partial charge in [0.15, 0.2) is 9.84 Å². The highest BCUT2D eigenvalue weighted by atomic mass is 32.2. The van der Waals surface area contributed by atoms with Crippen molar-refractivity contribution in [2.45, 2.75) is 63.1 Å². The second-order valence-corrected chi connectivity index (χ2v) is 7.42. The van der Waals surface area contributed by atoms with E-state index in [4.69, 9.17) is 0 Å². The minimum Gasteiger partial charge on any atom is -0.313 e. The molecule has 0 saturated carbocycles. The van der Waals surface area contributed by atoms with Crippen molar-refractivity contribution in [3.05, 3.63) is 29.8 Å². The zero-order valence-corrected chi connectivity index (χ0v) is 13.8. The van der Waals surface area contributed by atoms with Gasteiger partial charge in [0.05, 0.1) is 10.1 Å². The van der Waals surface area contributed by atoms with E-state index in [-0.39, 0.29) is 11.3 Å². The van der Waals surface area contributed by atoms with Crippen molar-refractivity contribution in [3.63, 3.8) is 0 Å². The maximum atomic E-state index is 12.8. The van der Waals surface area contributed by atoms with Crippen LogP contribution >= 0.6 is 0 Å². The van der Waals surface area contributed by atoms with E-state index < -0.39 is 9.84 Å². The highest BCUT2D eigenvalue weighted by molar-refractivity contribution is 7.92. The molecule has 2 unspecified atom stereocenters. The van der Waals surface area contributed by atoms with Crippen LogP contribution in [0.4, 0.5) is 0 Å². The predicted molar refractivity (Wildman–Crippen MR) is 84.8 cm³/mol. The molecule has 1 aromatic carbocycles. The molecule has 0 aromatic heterocycles. The molecule has 20 heavy (non-hydrogen) atoms. The van der Waals surface area contributed by atoms with Gasteiger partial charge in [0.2, 0.25) is 0 Å². The average molecular weight is 297 g/mol. The fourth-order valence-electron chi connectivity index (χ4n) is 2.62. The van der Waals surface area contributed by atoms with Gasteiger partial charge in [-0.05, 0) is 38.4 Å². The zero-order valence-electron chi connectivity index (χ0n) is 13.0. The van der Waals surface area contributed by atoms with Crippen LogP contribution in [0.1, 0.15) is 45.6 Å². The molecule has 0 spiro atoms. The third-order valence-electron chi connectivity index (χ3n) is 3.67. The summed E-state index contributed by atoms with van der Waals surface area (Å²) in [5, 5.41) is 2.99. The summed E-state index contributed by atoms with van der Waals surface area (Å²) in [6.45, 7) is 8.83. The maximum absolute atomic E-state index is 12.8. The maximum Gasteiger partial charge on any atom is 0.182 e. The lowest BCUT2D eigenvalue weighted by molar-refractivity contribution is 0.445. The Kier molecular flexibility index (Phi) is 6.69. The number of aryl methyl sites for hydroxylation is 1. The minimum atomic E-state index is -3.27. The van der Waals surface area contributed by atoms with Gasteiger partial charge in [-0.25, -0.2) is 8.42 Å². The Bertz CT molecular complexity index is 488. The molecule has 114 valence electrons. The summed E-state index contributed by atoms with van der Waals surface area (Å²) in [6.07, 6.45) is 2.50. The Morgan fingerprint density at radius 2 is 1.70 bits per heavy atom. The van der Waals surface area contributed by atoms with Crippen LogP contribution in [0, 0.1) is 6.92 Å². The molecule has 0 saturated heterocycles. The Balaban J connectivity index is 3.10. The number of hydrogen-bond donors (Lipinski definition) is 1. The van der Waals surface area contributed by atoms with E-state index in [1.54, 1.807) is 12.1 Å². The Morgan fingerprint density at radius 1 is 1.10 bits per heavy atom. The van der Waals surface area contributed by atoms with Gasteiger partial charge < -0.3 is 5.32 Å². The quantitative estimate of drug-likeness (QED) is 0.800. The molecule has 0 fully saturated rings. The second kappa shape index (κ2) is 7.79. The van der Waals surface area contributed by atoms with E-state index in [1.807, 2.05) is 32.9 Å². The van der Waals surface area contributed by atoms with Crippen molar-refractivity contribution in [1.29, 1.82) is 0 Å². The highest BCUT2D eigenvalue weighted by Crippen LogP contribution is 2.23. The van der Waals surface area contributed by atoms with Crippen molar-refractivity contribution in [2.24, 2.45) is 0 Å². The fourth-order valence-corrected chi connectivity index (χ4v) is 4.58. The van der Waals surface area contributed by atoms with Crippen LogP contribution < -0.4 is 5.32 Å². The molecular formula is C16H27NO2S. The lowest BCUT2D eigenvalue weighted by Gasteiger charge is -2.26. The minimum absolute atomic E-state index is 0.0290. The Labute approximate surface area is 123 Å². The van der Waals surface area contributed by atoms with Gasteiger partial charge in [0.25, 0.3) is 0 Å². The second-order valence-electron chi connectivity index (χ2n) is 5.26. The lowest BCUT2D eigenvalue weighted by Crippen LogP contribution is -2.43. The topological polar surface area (TPSA) is 46.2 Å². The van der Waals surface area contributed by atoms with Crippen LogP contribution in [-0.4, -0.2) is 26.3 Å². The van der Waals surface area contributed by atoms with Crippen LogP contribution in [0.3, 0.4) is 0 Å². The smallest absolute Gasteiger partial charge is 0.182 e. The molecule has 0 aliphatic rings. The number of rotatable bonds is 8. The Morgan fingerprint density at radius 3 is 2.15 bits per heavy atom. The standard InChI is InChI=1S/C16H27NO2S/c1-5-8-15(17-7-3)16(6-2)20(18,19)14-11-9-13(4)10-12-14/h9-12,15-17H,5-8H2,1-4H3. The van der Waals surface area contributed by atoms with E-state index in [2.05, 4.69) is 12.2 Å². The lowest BCUT2D eigenvalue weighted by atomic mass is 10.1. The normalized spacial score (nSPS) is 15.0. The van der Waals surface area contributed by atoms with Gasteiger partial charge in [-0.15, -0.1) is 0 Å². The number of hydrogen-bond acceptors (Lipinski definition) is 3. The summed E-state index contributed by atoms with van der Waals surface area (Å²) in [7, 11) is -3.27. The molecule has 0 amide bonds. The van der Waals surface area contributed by atoms with Crippen molar-refractivity contribution in [1.82, 2.24) is 5.32 Å². The molecule has 1 rings (SSSR count). The van der Waals surface area contributed by atoms with Crippen molar-refractivity contribution in [2.75, 3.05) is 6.54 Å². The van der Waals surface area contributed by atoms with Gasteiger partial charge >= 0.3 is 0 Å². The number of benzene rings is 1. The molecule has 0 aliphatic heterocycles. The first-order chi connectivity index (χ1) is 9.47. The molecule has 0 radical (unpaired) electrons. The first-order valence-corrected chi connectivity index (χ1v) is 9.05. The first-order valence-electron chi connectivity index (χ1n) is 7.51. The molecule has 0 heterocycles. The number of nitrogens with one attached hydrogen (secondary N) is 1. The molecule has 3 nitrogen and oxygen atoms in total. The van der Waals surface area contributed by atoms with Crippen molar-refractivity contribution in [3.8, 4) is 0 Å². The summed E-state index contributed by atoms with van der Waals surface area (Å²) in [6, 6.07) is 7.20. The van der Waals surface area contributed by atoms with Crippen LogP contribution in [-0.2, 0) is 9.84 Å². The third kappa shape index (κ3) is 4.06. The molecule has 0 bridgehead atoms. The first kappa shape index (κ1) is 17.2. The van der Waals surface area contributed by atoms with Crippen molar-refractivity contribution >= 4 is 9.84 Å². The van der Waals surface area contributed by atoms with E-state index in [0.29, 0.717) is 11.3 Å². The van der Waals surface area contributed by atoms with E-state index >= 15 is 0 Å². The van der Waals surface area contributed by atoms with Crippen LogP contribution in [0.25, 0.3) is 0 Å². The van der Waals surface area contributed by atoms with Crippen molar-refractivity contribution < 1.29 is 8.42 Å². The molecule has 1 aromatic rings. The fraction of sp³-hybridized carbons (Fsp3) is 0.625. The van der Waals surface area contributed by atoms with Gasteiger partial charge in [-0.2, -0.15) is 0 Å². The Hall–Kier alpha value is -0.870. The summed E-state index contributed by atoms with van der Waals surface area (Å²) >= 11 is 0. The summed E-state index contributed by atoms with van der Waals surface area (Å²) < 4.78 is 25.7. The van der Waals surface area contributed by atoms with Crippen LogP contribution in [0.5, 0.6) is 0 Å². The summed E-state index contributed by atoms with van der Waals surface area (Å²) in [5.41, 5.74) is 1.08. The zero-order chi connectivity index (χ0) is 15.2. The van der Waals surface area contributed by atoms with Gasteiger partial charge in [-0.3, -0.25) is 0 Å². The molecule has 4 heteroatoms. The average Bonchev–Trinajstić information content (AvgIpc) is 2.40. The number of sulfone groups is 1. The van der Waals surface area contributed by atoms with Gasteiger partial charge in [-0.1, -0.05) is 44.9 Å². The third-order valence-corrected chi connectivity index (χ3v) is 6.05. The van der Waals surface area contributed by atoms with E-state index in [0.717, 1.165) is 24.9 Å². The van der Waals surface area contributed by atoms with Crippen LogP contribution in [0.15, 0.2) is 29.2 Å². The molecule has 2 atom stereocenters. The molecule has 1 N–H and O–H groups in total. The predicted octanol–water partition coefficient (Wildman–Crippen LogP) is 3.33.